The number of hydrogen-bond donors (Lipinski definition) is 1. The third kappa shape index (κ3) is 2.66. The quantitative estimate of drug-likeness (QED) is 0.871. The fourth-order valence-corrected chi connectivity index (χ4v) is 3.98. The van der Waals surface area contributed by atoms with Gasteiger partial charge >= 0.3 is 0 Å². The summed E-state index contributed by atoms with van der Waals surface area (Å²) in [5.74, 6) is 0.520. The lowest BCUT2D eigenvalue weighted by molar-refractivity contribution is -0.125. The first kappa shape index (κ1) is 14.8. The van der Waals surface area contributed by atoms with Crippen molar-refractivity contribution >= 4 is 17.5 Å². The normalized spacial score (nSPS) is 24.6. The molecule has 2 aromatic rings. The molecule has 118 valence electrons. The van der Waals surface area contributed by atoms with E-state index in [1.807, 2.05) is 42.5 Å². The summed E-state index contributed by atoms with van der Waals surface area (Å²) in [7, 11) is 0. The lowest BCUT2D eigenvalue weighted by Gasteiger charge is -2.43. The van der Waals surface area contributed by atoms with Gasteiger partial charge in [0.1, 0.15) is 0 Å². The van der Waals surface area contributed by atoms with Crippen LogP contribution in [0.15, 0.2) is 54.6 Å². The van der Waals surface area contributed by atoms with Crippen molar-refractivity contribution in [3.8, 4) is 0 Å². The molecule has 0 aromatic heterocycles. The summed E-state index contributed by atoms with van der Waals surface area (Å²) in [6, 6.07) is 18.2. The molecule has 2 fully saturated rings. The van der Waals surface area contributed by atoms with Crippen molar-refractivity contribution in [2.24, 2.45) is 5.92 Å². The zero-order chi connectivity index (χ0) is 15.9. The average molecular weight is 326 g/mol. The molecule has 2 aliphatic rings. The molecule has 4 rings (SSSR count). The first-order valence-electron chi connectivity index (χ1n) is 8.32. The minimum absolute atomic E-state index is 0.0658. The minimum atomic E-state index is -0.147. The maximum Gasteiger partial charge on any atom is 0.224 e. The maximum atomic E-state index is 12.7. The van der Waals surface area contributed by atoms with Crippen LogP contribution < -0.4 is 5.32 Å². The van der Waals surface area contributed by atoms with Gasteiger partial charge in [-0.1, -0.05) is 60.1 Å². The number of carbonyl (C=O) groups is 1. The summed E-state index contributed by atoms with van der Waals surface area (Å²) in [5.41, 5.74) is 2.19. The molecule has 3 heteroatoms. The Labute approximate surface area is 141 Å². The summed E-state index contributed by atoms with van der Waals surface area (Å²) in [5, 5.41) is 4.12. The first-order chi connectivity index (χ1) is 11.2. The highest BCUT2D eigenvalue weighted by Crippen LogP contribution is 2.51. The second-order valence-electron chi connectivity index (χ2n) is 6.76. The predicted molar refractivity (Wildman–Crippen MR) is 92.4 cm³/mol. The Balaban J connectivity index is 1.48. The molecule has 0 spiro atoms. The largest absolute Gasteiger partial charge is 0.346 e. The number of nitrogens with one attached hydrogen (secondary N) is 1. The second kappa shape index (κ2) is 5.68. The van der Waals surface area contributed by atoms with Crippen LogP contribution in [0.3, 0.4) is 0 Å². The molecule has 2 saturated carbocycles. The van der Waals surface area contributed by atoms with Crippen LogP contribution in [0.2, 0.25) is 5.02 Å². The van der Waals surface area contributed by atoms with Gasteiger partial charge in [-0.2, -0.15) is 0 Å². The van der Waals surface area contributed by atoms with Crippen molar-refractivity contribution in [1.29, 1.82) is 0 Å². The number of benzene rings is 2. The summed E-state index contributed by atoms with van der Waals surface area (Å²) < 4.78 is 0. The van der Waals surface area contributed by atoms with E-state index in [9.17, 15) is 4.79 Å². The lowest BCUT2D eigenvalue weighted by Crippen LogP contribution is -2.51. The van der Waals surface area contributed by atoms with Crippen molar-refractivity contribution in [2.75, 3.05) is 0 Å². The van der Waals surface area contributed by atoms with Crippen molar-refractivity contribution < 1.29 is 4.79 Å². The Bertz CT molecular complexity index is 723. The van der Waals surface area contributed by atoms with Crippen LogP contribution in [0.25, 0.3) is 0 Å². The van der Waals surface area contributed by atoms with Gasteiger partial charge in [-0.05, 0) is 48.8 Å². The topological polar surface area (TPSA) is 29.1 Å². The van der Waals surface area contributed by atoms with Crippen LogP contribution >= 0.6 is 11.6 Å². The molecule has 0 heterocycles. The Kier molecular flexibility index (Phi) is 3.65. The molecule has 2 unspecified atom stereocenters. The number of halogens is 1. The molecule has 0 aliphatic heterocycles. The Morgan fingerprint density at radius 2 is 1.74 bits per heavy atom. The van der Waals surface area contributed by atoms with Gasteiger partial charge < -0.3 is 5.32 Å². The number of carbonyl (C=O) groups excluding carboxylic acids is 1. The fraction of sp³-hybridized carbons (Fsp3) is 0.350. The van der Waals surface area contributed by atoms with Gasteiger partial charge in [0.05, 0.1) is 5.54 Å². The molecular formula is C20H20ClNO. The molecule has 2 aromatic carbocycles. The summed E-state index contributed by atoms with van der Waals surface area (Å²) in [6.45, 7) is 0. The highest BCUT2D eigenvalue weighted by atomic mass is 35.5. The first-order valence-corrected chi connectivity index (χ1v) is 8.69. The van der Waals surface area contributed by atoms with Crippen molar-refractivity contribution in [3.05, 3.63) is 70.7 Å². The Morgan fingerprint density at radius 1 is 1.04 bits per heavy atom. The summed E-state index contributed by atoms with van der Waals surface area (Å²) in [6.07, 6.45) is 4.15. The van der Waals surface area contributed by atoms with E-state index in [-0.39, 0.29) is 23.3 Å². The van der Waals surface area contributed by atoms with Gasteiger partial charge in [-0.3, -0.25) is 4.79 Å². The van der Waals surface area contributed by atoms with E-state index in [0.717, 1.165) is 29.8 Å². The third-order valence-corrected chi connectivity index (χ3v) is 5.67. The standard InChI is InChI=1S/C20H20ClNO/c21-18-10-5-4-9-15(18)16-13-17(16)19(23)22-20(11-6-12-20)14-7-2-1-3-8-14/h1-5,7-10,16-17H,6,11-13H2,(H,22,23). The molecule has 2 aliphatic carbocycles. The van der Waals surface area contributed by atoms with Gasteiger partial charge in [-0.15, -0.1) is 0 Å². The van der Waals surface area contributed by atoms with E-state index in [2.05, 4.69) is 17.4 Å². The molecule has 0 bridgehead atoms. The van der Waals surface area contributed by atoms with E-state index < -0.39 is 0 Å². The highest BCUT2D eigenvalue weighted by molar-refractivity contribution is 6.31. The molecule has 0 radical (unpaired) electrons. The molecule has 1 amide bonds. The van der Waals surface area contributed by atoms with Crippen LogP contribution in [0.5, 0.6) is 0 Å². The van der Waals surface area contributed by atoms with Gasteiger partial charge in [-0.25, -0.2) is 0 Å². The predicted octanol–water partition coefficient (Wildman–Crippen LogP) is 4.64. The van der Waals surface area contributed by atoms with Gasteiger partial charge in [0.2, 0.25) is 5.91 Å². The van der Waals surface area contributed by atoms with E-state index >= 15 is 0 Å². The molecule has 1 N–H and O–H groups in total. The maximum absolute atomic E-state index is 12.7. The van der Waals surface area contributed by atoms with E-state index in [0.29, 0.717) is 0 Å². The van der Waals surface area contributed by atoms with E-state index in [1.54, 1.807) is 0 Å². The Hall–Kier alpha value is -1.80. The van der Waals surface area contributed by atoms with Gasteiger partial charge in [0, 0.05) is 10.9 Å². The highest BCUT2D eigenvalue weighted by Gasteiger charge is 2.48. The zero-order valence-corrected chi connectivity index (χ0v) is 13.7. The lowest BCUT2D eigenvalue weighted by atomic mass is 9.71. The van der Waals surface area contributed by atoms with Crippen molar-refractivity contribution in [3.63, 3.8) is 0 Å². The number of rotatable bonds is 4. The Morgan fingerprint density at radius 3 is 2.39 bits per heavy atom. The van der Waals surface area contributed by atoms with Crippen molar-refractivity contribution in [1.82, 2.24) is 5.32 Å². The second-order valence-corrected chi connectivity index (χ2v) is 7.17. The van der Waals surface area contributed by atoms with Crippen LogP contribution in [-0.4, -0.2) is 5.91 Å². The fourth-order valence-electron chi connectivity index (χ4n) is 3.71. The monoisotopic (exact) mass is 325 g/mol. The smallest absolute Gasteiger partial charge is 0.224 e. The number of hydrogen-bond acceptors (Lipinski definition) is 1. The van der Waals surface area contributed by atoms with E-state index in [1.165, 1.54) is 12.0 Å². The van der Waals surface area contributed by atoms with Crippen LogP contribution in [0.4, 0.5) is 0 Å². The average Bonchev–Trinajstić information content (AvgIpc) is 3.32. The van der Waals surface area contributed by atoms with Crippen LogP contribution in [-0.2, 0) is 10.3 Å². The van der Waals surface area contributed by atoms with Crippen LogP contribution in [0.1, 0.15) is 42.7 Å². The zero-order valence-electron chi connectivity index (χ0n) is 13.0. The number of amides is 1. The molecule has 23 heavy (non-hydrogen) atoms. The summed E-state index contributed by atoms with van der Waals surface area (Å²) >= 11 is 6.26. The SMILES string of the molecule is O=C(NC1(c2ccccc2)CCC1)C1CC1c1ccccc1Cl. The molecular weight excluding hydrogens is 306 g/mol. The molecule has 0 saturated heterocycles. The van der Waals surface area contributed by atoms with E-state index in [4.69, 9.17) is 11.6 Å². The summed E-state index contributed by atoms with van der Waals surface area (Å²) in [4.78, 5) is 12.7. The van der Waals surface area contributed by atoms with Gasteiger partial charge in [0.25, 0.3) is 0 Å². The molecule has 2 nitrogen and oxygen atoms in total. The third-order valence-electron chi connectivity index (χ3n) is 5.33. The van der Waals surface area contributed by atoms with Crippen LogP contribution in [0, 0.1) is 5.92 Å². The van der Waals surface area contributed by atoms with Gasteiger partial charge in [0.15, 0.2) is 0 Å². The molecule has 2 atom stereocenters. The minimum Gasteiger partial charge on any atom is -0.346 e. The van der Waals surface area contributed by atoms with Crippen molar-refractivity contribution in [2.45, 2.75) is 37.1 Å².